The van der Waals surface area contributed by atoms with Crippen LogP contribution in [0.1, 0.15) is 5.82 Å². The van der Waals surface area contributed by atoms with E-state index >= 15 is 0 Å². The third kappa shape index (κ3) is 1.14. The number of nitrogens with two attached hydrogens (primary N) is 1. The monoisotopic (exact) mass is 190 g/mol. The van der Waals surface area contributed by atoms with E-state index in [9.17, 15) is 4.79 Å². The molecule has 0 aliphatic heterocycles. The smallest absolute Gasteiger partial charge is 0.253 e. The lowest BCUT2D eigenvalue weighted by molar-refractivity contribution is 0.876. The summed E-state index contributed by atoms with van der Waals surface area (Å²) >= 11 is 0. The molecule has 5 heteroatoms. The van der Waals surface area contributed by atoms with Crippen LogP contribution in [0.15, 0.2) is 17.1 Å². The maximum absolute atomic E-state index is 11.4. The highest BCUT2D eigenvalue weighted by Gasteiger charge is 2.05. The van der Waals surface area contributed by atoms with Gasteiger partial charge in [0.05, 0.1) is 5.39 Å². The summed E-state index contributed by atoms with van der Waals surface area (Å²) in [7, 11) is 1.66. The van der Waals surface area contributed by atoms with Crippen LogP contribution >= 0.6 is 0 Å². The topological polar surface area (TPSA) is 73.8 Å². The molecule has 0 aliphatic rings. The molecule has 14 heavy (non-hydrogen) atoms. The van der Waals surface area contributed by atoms with E-state index < -0.39 is 0 Å². The van der Waals surface area contributed by atoms with Crippen molar-refractivity contribution in [1.29, 1.82) is 0 Å². The Bertz CT molecular complexity index is 558. The molecule has 2 rings (SSSR count). The number of aromatic nitrogens is 3. The van der Waals surface area contributed by atoms with Crippen molar-refractivity contribution in [3.8, 4) is 0 Å². The van der Waals surface area contributed by atoms with Gasteiger partial charge in [0.1, 0.15) is 11.5 Å². The van der Waals surface area contributed by atoms with E-state index in [4.69, 9.17) is 5.73 Å². The fourth-order valence-electron chi connectivity index (χ4n) is 1.33. The van der Waals surface area contributed by atoms with Gasteiger partial charge in [-0.05, 0) is 6.92 Å². The van der Waals surface area contributed by atoms with Gasteiger partial charge >= 0.3 is 0 Å². The second kappa shape index (κ2) is 2.80. The van der Waals surface area contributed by atoms with Gasteiger partial charge in [-0.3, -0.25) is 9.36 Å². The van der Waals surface area contributed by atoms with E-state index in [0.29, 0.717) is 22.5 Å². The van der Waals surface area contributed by atoms with Gasteiger partial charge in [-0.1, -0.05) is 0 Å². The van der Waals surface area contributed by atoms with Crippen LogP contribution in [0.3, 0.4) is 0 Å². The summed E-state index contributed by atoms with van der Waals surface area (Å²) in [5.41, 5.74) is 6.51. The molecule has 0 radical (unpaired) electrons. The molecule has 72 valence electrons. The van der Waals surface area contributed by atoms with Gasteiger partial charge in [0, 0.05) is 25.0 Å². The van der Waals surface area contributed by atoms with Crippen molar-refractivity contribution in [1.82, 2.24) is 14.5 Å². The fourth-order valence-corrected chi connectivity index (χ4v) is 1.33. The van der Waals surface area contributed by atoms with Crippen LogP contribution in [-0.2, 0) is 7.05 Å². The van der Waals surface area contributed by atoms with Gasteiger partial charge in [0.15, 0.2) is 0 Å². The number of pyridine rings is 1. The molecule has 0 aliphatic carbocycles. The number of nitrogen functional groups attached to an aromatic ring is 1. The van der Waals surface area contributed by atoms with Crippen LogP contribution in [0.2, 0.25) is 0 Å². The minimum Gasteiger partial charge on any atom is -0.398 e. The van der Waals surface area contributed by atoms with E-state index in [0.717, 1.165) is 0 Å². The molecular weight excluding hydrogens is 180 g/mol. The molecule has 0 fully saturated rings. The highest BCUT2D eigenvalue weighted by molar-refractivity contribution is 5.86. The van der Waals surface area contributed by atoms with Crippen LogP contribution in [0, 0.1) is 6.92 Å². The molecular formula is C9H10N4O. The summed E-state index contributed by atoms with van der Waals surface area (Å²) in [6.07, 6.45) is 1.63. The van der Waals surface area contributed by atoms with Crippen LogP contribution < -0.4 is 11.3 Å². The van der Waals surface area contributed by atoms with E-state index in [-0.39, 0.29) is 5.56 Å². The molecule has 2 N–H and O–H groups in total. The summed E-state index contributed by atoms with van der Waals surface area (Å²) in [6, 6.07) is 1.38. The molecule has 0 atom stereocenters. The van der Waals surface area contributed by atoms with Crippen molar-refractivity contribution in [2.75, 3.05) is 5.73 Å². The first kappa shape index (κ1) is 8.68. The van der Waals surface area contributed by atoms with Crippen LogP contribution in [-0.4, -0.2) is 14.5 Å². The Morgan fingerprint density at radius 1 is 1.50 bits per heavy atom. The maximum Gasteiger partial charge on any atom is 0.253 e. The minimum absolute atomic E-state index is 0.159. The highest BCUT2D eigenvalue weighted by Crippen LogP contribution is 2.14. The zero-order valence-electron chi connectivity index (χ0n) is 7.98. The lowest BCUT2D eigenvalue weighted by Gasteiger charge is -2.05. The number of nitrogens with zero attached hydrogens (tertiary/aromatic N) is 3. The number of hydrogen-bond donors (Lipinski definition) is 1. The van der Waals surface area contributed by atoms with Gasteiger partial charge < -0.3 is 5.73 Å². The van der Waals surface area contributed by atoms with Crippen molar-refractivity contribution in [2.45, 2.75) is 6.92 Å². The summed E-state index contributed by atoms with van der Waals surface area (Å²) in [5.74, 6) is 0.623. The van der Waals surface area contributed by atoms with Gasteiger partial charge in [0.25, 0.3) is 5.56 Å². The Labute approximate surface area is 80.2 Å². The zero-order valence-corrected chi connectivity index (χ0v) is 7.98. The van der Waals surface area contributed by atoms with E-state index in [1.807, 2.05) is 0 Å². The maximum atomic E-state index is 11.4. The minimum atomic E-state index is -0.159. The molecule has 5 nitrogen and oxygen atoms in total. The number of anilines is 1. The summed E-state index contributed by atoms with van der Waals surface area (Å²) in [6.45, 7) is 1.77. The summed E-state index contributed by atoms with van der Waals surface area (Å²) < 4.78 is 1.46. The third-order valence-corrected chi connectivity index (χ3v) is 2.13. The van der Waals surface area contributed by atoms with Gasteiger partial charge in [-0.15, -0.1) is 0 Å². The lowest BCUT2D eigenvalue weighted by Crippen LogP contribution is -2.18. The molecule has 0 unspecified atom stereocenters. The first-order chi connectivity index (χ1) is 6.59. The first-order valence-corrected chi connectivity index (χ1v) is 4.18. The van der Waals surface area contributed by atoms with Gasteiger partial charge in [0.2, 0.25) is 0 Å². The largest absolute Gasteiger partial charge is 0.398 e. The Kier molecular flexibility index (Phi) is 1.73. The number of rotatable bonds is 0. The van der Waals surface area contributed by atoms with Crippen molar-refractivity contribution >= 4 is 16.7 Å². The molecule has 2 aromatic heterocycles. The number of fused-ring (bicyclic) bond motifs is 1. The zero-order chi connectivity index (χ0) is 10.3. The highest BCUT2D eigenvalue weighted by atomic mass is 16.1. The van der Waals surface area contributed by atoms with E-state index in [2.05, 4.69) is 9.97 Å². The van der Waals surface area contributed by atoms with E-state index in [1.165, 1.54) is 10.6 Å². The average Bonchev–Trinajstić information content (AvgIpc) is 2.14. The second-order valence-corrected chi connectivity index (χ2v) is 3.15. The molecule has 2 heterocycles. The van der Waals surface area contributed by atoms with Crippen molar-refractivity contribution in [2.24, 2.45) is 7.05 Å². The number of aryl methyl sites for hydroxylation is 2. The summed E-state index contributed by atoms with van der Waals surface area (Å²) in [5, 5.41) is 0.706. The standard InChI is InChI=1S/C9H10N4O/c1-5-11-4-6-7(10)3-8(14)13(2)9(6)12-5/h3-4H,10H2,1-2H3. The van der Waals surface area contributed by atoms with Crippen molar-refractivity contribution in [3.05, 3.63) is 28.4 Å². The second-order valence-electron chi connectivity index (χ2n) is 3.15. The lowest BCUT2D eigenvalue weighted by atomic mass is 10.3. The molecule has 0 saturated heterocycles. The molecule has 0 spiro atoms. The third-order valence-electron chi connectivity index (χ3n) is 2.13. The number of hydrogen-bond acceptors (Lipinski definition) is 4. The first-order valence-electron chi connectivity index (χ1n) is 4.18. The SMILES string of the molecule is Cc1ncc2c(N)cc(=O)n(C)c2n1. The van der Waals surface area contributed by atoms with Gasteiger partial charge in [-0.2, -0.15) is 0 Å². The summed E-state index contributed by atoms with van der Waals surface area (Å²) in [4.78, 5) is 19.6. The Morgan fingerprint density at radius 2 is 2.21 bits per heavy atom. The quantitative estimate of drug-likeness (QED) is 0.644. The molecule has 0 aromatic carbocycles. The fraction of sp³-hybridized carbons (Fsp3) is 0.222. The Balaban J connectivity index is 3.03. The predicted molar refractivity (Wildman–Crippen MR) is 53.9 cm³/mol. The Hall–Kier alpha value is -1.91. The van der Waals surface area contributed by atoms with E-state index in [1.54, 1.807) is 20.2 Å². The van der Waals surface area contributed by atoms with Crippen molar-refractivity contribution in [3.63, 3.8) is 0 Å². The van der Waals surface area contributed by atoms with Crippen LogP contribution in [0.25, 0.3) is 11.0 Å². The van der Waals surface area contributed by atoms with Crippen LogP contribution in [0.5, 0.6) is 0 Å². The Morgan fingerprint density at radius 3 is 2.93 bits per heavy atom. The average molecular weight is 190 g/mol. The van der Waals surface area contributed by atoms with Crippen LogP contribution in [0.4, 0.5) is 5.69 Å². The molecule has 2 aromatic rings. The molecule has 0 bridgehead atoms. The van der Waals surface area contributed by atoms with Gasteiger partial charge in [-0.25, -0.2) is 9.97 Å². The molecule has 0 saturated carbocycles. The van der Waals surface area contributed by atoms with Crippen molar-refractivity contribution < 1.29 is 0 Å². The normalized spacial score (nSPS) is 10.7. The molecule has 0 amide bonds. The predicted octanol–water partition coefficient (Wildman–Crippen LogP) is 0.219.